The highest BCUT2D eigenvalue weighted by atomic mass is 35.5. The zero-order chi connectivity index (χ0) is 13.1. The molecule has 0 amide bonds. The maximum atomic E-state index is 14.0. The first kappa shape index (κ1) is 13.9. The molecule has 0 aromatic heterocycles. The Hall–Kier alpha value is -0.560. The van der Waals surface area contributed by atoms with E-state index >= 15 is 0 Å². The number of benzene rings is 1. The second-order valence-corrected chi connectivity index (χ2v) is 5.80. The van der Waals surface area contributed by atoms with Crippen molar-refractivity contribution < 1.29 is 4.39 Å². The van der Waals surface area contributed by atoms with Gasteiger partial charge < -0.3 is 0 Å². The highest BCUT2D eigenvalue weighted by Gasteiger charge is 2.24. The van der Waals surface area contributed by atoms with Crippen LogP contribution in [0, 0.1) is 11.7 Å². The molecule has 0 nitrogen and oxygen atoms in total. The van der Waals surface area contributed by atoms with Gasteiger partial charge in [0.1, 0.15) is 5.82 Å². The lowest BCUT2D eigenvalue weighted by Crippen LogP contribution is -2.13. The summed E-state index contributed by atoms with van der Waals surface area (Å²) in [6, 6.07) is 3.95. The molecular weight excluding hydrogens is 247 g/mol. The summed E-state index contributed by atoms with van der Waals surface area (Å²) in [6.45, 7) is 4.22. The van der Waals surface area contributed by atoms with Crippen molar-refractivity contribution in [2.75, 3.05) is 0 Å². The molecule has 0 heterocycles. The number of hydrogen-bond acceptors (Lipinski definition) is 0. The first-order valence-corrected chi connectivity index (χ1v) is 7.51. The molecule has 18 heavy (non-hydrogen) atoms. The third kappa shape index (κ3) is 2.71. The van der Waals surface area contributed by atoms with Crippen LogP contribution in [0.4, 0.5) is 4.39 Å². The van der Waals surface area contributed by atoms with Crippen LogP contribution in [0.3, 0.4) is 0 Å². The minimum atomic E-state index is -0.200. The molecule has 1 fully saturated rings. The number of halogens is 2. The third-order valence-corrected chi connectivity index (χ3v) is 4.82. The molecule has 0 saturated heterocycles. The van der Waals surface area contributed by atoms with Gasteiger partial charge in [-0.3, -0.25) is 0 Å². The molecule has 1 aromatic carbocycles. The van der Waals surface area contributed by atoms with Crippen molar-refractivity contribution >= 4 is 11.6 Å². The summed E-state index contributed by atoms with van der Waals surface area (Å²) in [5.41, 5.74) is 1.76. The maximum Gasteiger partial charge on any atom is 0.145 e. The largest absolute Gasteiger partial charge is 0.205 e. The van der Waals surface area contributed by atoms with E-state index in [1.807, 2.05) is 19.1 Å². The molecule has 1 aromatic rings. The van der Waals surface area contributed by atoms with E-state index in [0.29, 0.717) is 17.4 Å². The van der Waals surface area contributed by atoms with E-state index in [0.717, 1.165) is 29.9 Å². The summed E-state index contributed by atoms with van der Waals surface area (Å²) in [5.74, 6) is 1.12. The van der Waals surface area contributed by atoms with Crippen LogP contribution in [0.5, 0.6) is 0 Å². The molecule has 0 N–H and O–H groups in total. The average Bonchev–Trinajstić information content (AvgIpc) is 2.42. The van der Waals surface area contributed by atoms with Gasteiger partial charge in [-0.05, 0) is 55.1 Å². The first-order valence-electron chi connectivity index (χ1n) is 7.14. The van der Waals surface area contributed by atoms with E-state index in [2.05, 4.69) is 6.92 Å². The molecule has 0 radical (unpaired) electrons. The average molecular weight is 269 g/mol. The summed E-state index contributed by atoms with van der Waals surface area (Å²) in [6.07, 6.45) is 6.80. The van der Waals surface area contributed by atoms with Gasteiger partial charge >= 0.3 is 0 Å². The van der Waals surface area contributed by atoms with Gasteiger partial charge in [0.25, 0.3) is 0 Å². The Bertz CT molecular complexity index is 406. The summed E-state index contributed by atoms with van der Waals surface area (Å²) in [7, 11) is 0. The van der Waals surface area contributed by atoms with Crippen molar-refractivity contribution in [3.8, 4) is 0 Å². The monoisotopic (exact) mass is 268 g/mol. The second-order valence-electron chi connectivity index (χ2n) is 5.42. The fourth-order valence-electron chi connectivity index (χ4n) is 3.07. The van der Waals surface area contributed by atoms with Crippen LogP contribution in [-0.4, -0.2) is 0 Å². The molecule has 2 rings (SSSR count). The maximum absolute atomic E-state index is 14.0. The van der Waals surface area contributed by atoms with Gasteiger partial charge in [-0.1, -0.05) is 44.0 Å². The van der Waals surface area contributed by atoms with Crippen LogP contribution >= 0.6 is 11.6 Å². The smallest absolute Gasteiger partial charge is 0.145 e. The molecule has 100 valence electrons. The van der Waals surface area contributed by atoms with Crippen molar-refractivity contribution in [1.82, 2.24) is 0 Å². The topological polar surface area (TPSA) is 0 Å². The molecule has 0 atom stereocenters. The van der Waals surface area contributed by atoms with Crippen molar-refractivity contribution in [3.63, 3.8) is 0 Å². The minimum Gasteiger partial charge on any atom is -0.205 e. The molecule has 0 spiro atoms. The molecule has 1 aliphatic carbocycles. The van der Waals surface area contributed by atoms with E-state index in [1.165, 1.54) is 19.3 Å². The summed E-state index contributed by atoms with van der Waals surface area (Å²) < 4.78 is 14.0. The van der Waals surface area contributed by atoms with E-state index in [-0.39, 0.29) is 5.82 Å². The molecule has 1 aliphatic rings. The molecular formula is C16H22ClF. The highest BCUT2D eigenvalue weighted by molar-refractivity contribution is 6.31. The zero-order valence-corrected chi connectivity index (χ0v) is 12.1. The van der Waals surface area contributed by atoms with Crippen LogP contribution in [0.2, 0.25) is 5.02 Å². The number of rotatable bonds is 3. The van der Waals surface area contributed by atoms with Gasteiger partial charge in [0, 0.05) is 0 Å². The zero-order valence-electron chi connectivity index (χ0n) is 11.3. The lowest BCUT2D eigenvalue weighted by molar-refractivity contribution is 0.318. The molecule has 0 unspecified atom stereocenters. The summed E-state index contributed by atoms with van der Waals surface area (Å²) in [4.78, 5) is 0. The van der Waals surface area contributed by atoms with Gasteiger partial charge in [0.2, 0.25) is 0 Å². The number of hydrogen-bond donors (Lipinski definition) is 0. The summed E-state index contributed by atoms with van der Waals surface area (Å²) in [5, 5.41) is 0.370. The standard InChI is InChI=1S/C16H22ClF/c1-3-11-5-7-13(8-6-11)14-10-9-12(4-2)16(18)15(14)17/h9-11,13H,3-8H2,1-2H3. The van der Waals surface area contributed by atoms with E-state index < -0.39 is 0 Å². The Morgan fingerprint density at radius 3 is 2.39 bits per heavy atom. The fourth-order valence-corrected chi connectivity index (χ4v) is 3.41. The highest BCUT2D eigenvalue weighted by Crippen LogP contribution is 2.40. The van der Waals surface area contributed by atoms with Crippen molar-refractivity contribution in [2.24, 2.45) is 5.92 Å². The molecule has 1 saturated carbocycles. The lowest BCUT2D eigenvalue weighted by atomic mass is 9.77. The van der Waals surface area contributed by atoms with Crippen LogP contribution in [-0.2, 0) is 6.42 Å². The summed E-state index contributed by atoms with van der Waals surface area (Å²) >= 11 is 6.21. The Kier molecular flexibility index (Phi) is 4.66. The normalized spacial score (nSPS) is 24.2. The van der Waals surface area contributed by atoms with Crippen LogP contribution < -0.4 is 0 Å². The Morgan fingerprint density at radius 1 is 1.17 bits per heavy atom. The van der Waals surface area contributed by atoms with Crippen LogP contribution in [0.1, 0.15) is 63.0 Å². The van der Waals surface area contributed by atoms with Gasteiger partial charge in [-0.2, -0.15) is 0 Å². The van der Waals surface area contributed by atoms with Gasteiger partial charge in [0.15, 0.2) is 0 Å². The second kappa shape index (κ2) is 6.06. The van der Waals surface area contributed by atoms with Crippen molar-refractivity contribution in [1.29, 1.82) is 0 Å². The lowest BCUT2D eigenvalue weighted by Gasteiger charge is -2.28. The Labute approximate surface area is 115 Å². The Morgan fingerprint density at radius 2 is 1.83 bits per heavy atom. The van der Waals surface area contributed by atoms with Gasteiger partial charge in [0.05, 0.1) is 5.02 Å². The van der Waals surface area contributed by atoms with E-state index in [4.69, 9.17) is 11.6 Å². The number of aryl methyl sites for hydroxylation is 1. The SMILES string of the molecule is CCc1ccc(C2CCC(CC)CC2)c(Cl)c1F. The molecule has 2 heteroatoms. The predicted molar refractivity (Wildman–Crippen MR) is 75.8 cm³/mol. The molecule has 0 aliphatic heterocycles. The van der Waals surface area contributed by atoms with Crippen molar-refractivity contribution in [2.45, 2.75) is 58.3 Å². The molecule has 0 bridgehead atoms. The fraction of sp³-hybridized carbons (Fsp3) is 0.625. The quantitative estimate of drug-likeness (QED) is 0.657. The van der Waals surface area contributed by atoms with Crippen LogP contribution in [0.25, 0.3) is 0 Å². The van der Waals surface area contributed by atoms with E-state index in [1.54, 1.807) is 0 Å². The van der Waals surface area contributed by atoms with Crippen LogP contribution in [0.15, 0.2) is 12.1 Å². The van der Waals surface area contributed by atoms with Gasteiger partial charge in [-0.25, -0.2) is 4.39 Å². The first-order chi connectivity index (χ1) is 8.67. The third-order valence-electron chi connectivity index (χ3n) is 4.44. The van der Waals surface area contributed by atoms with Crippen molar-refractivity contribution in [3.05, 3.63) is 34.1 Å². The van der Waals surface area contributed by atoms with Gasteiger partial charge in [-0.15, -0.1) is 0 Å². The minimum absolute atomic E-state index is 0.200. The Balaban J connectivity index is 2.17. The predicted octanol–water partition coefficient (Wildman–Crippen LogP) is 5.73. The van der Waals surface area contributed by atoms with E-state index in [9.17, 15) is 4.39 Å².